The number of hydrogen-bond donors (Lipinski definition) is 2. The van der Waals surface area contributed by atoms with E-state index in [0.717, 1.165) is 23.1 Å². The maximum atomic E-state index is 15.3. The molecule has 4 rings (SSSR count). The third kappa shape index (κ3) is 4.29. The lowest BCUT2D eigenvalue weighted by Gasteiger charge is -2.39. The Bertz CT molecular complexity index is 1090. The van der Waals surface area contributed by atoms with Crippen molar-refractivity contribution in [2.24, 2.45) is 0 Å². The van der Waals surface area contributed by atoms with Crippen molar-refractivity contribution >= 4 is 29.1 Å². The Balaban J connectivity index is 1.60. The average Bonchev–Trinajstić information content (AvgIpc) is 3.02. The molecule has 2 aromatic rings. The molecule has 2 saturated heterocycles. The van der Waals surface area contributed by atoms with Crippen LogP contribution in [-0.2, 0) is 10.7 Å². The fourth-order valence-electron chi connectivity index (χ4n) is 4.50. The van der Waals surface area contributed by atoms with Crippen LogP contribution in [0.5, 0.6) is 0 Å². The first-order valence-corrected chi connectivity index (χ1v) is 10.5. The Hall–Kier alpha value is -2.72. The number of aliphatic hydroxyl groups excluding tert-OH is 1. The first-order valence-electron chi connectivity index (χ1n) is 10.1. The zero-order valence-electron chi connectivity index (χ0n) is 16.9. The zero-order valence-corrected chi connectivity index (χ0v) is 17.7. The van der Waals surface area contributed by atoms with E-state index in [1.165, 1.54) is 0 Å². The molecule has 0 spiro atoms. The molecule has 2 N–H and O–H groups in total. The fourth-order valence-corrected chi connectivity index (χ4v) is 4.73. The minimum Gasteiger partial charge on any atom is -0.393 e. The van der Waals surface area contributed by atoms with Crippen molar-refractivity contribution in [2.75, 3.05) is 5.32 Å². The van der Waals surface area contributed by atoms with Crippen LogP contribution in [0.4, 0.5) is 27.6 Å². The van der Waals surface area contributed by atoms with E-state index in [1.807, 2.05) is 0 Å². The molecule has 2 aromatic carbocycles. The Kier molecular flexibility index (Phi) is 6.09. The highest BCUT2D eigenvalue weighted by Crippen LogP contribution is 2.42. The van der Waals surface area contributed by atoms with Gasteiger partial charge in [-0.05, 0) is 43.9 Å². The third-order valence-corrected chi connectivity index (χ3v) is 6.35. The van der Waals surface area contributed by atoms with Gasteiger partial charge in [-0.15, -0.1) is 0 Å². The number of carbonyl (C=O) groups excluding carboxylic acids is 2. The van der Waals surface area contributed by atoms with Gasteiger partial charge in [-0.2, -0.15) is 8.78 Å². The predicted molar refractivity (Wildman–Crippen MR) is 109 cm³/mol. The zero-order chi connectivity index (χ0) is 24.1. The van der Waals surface area contributed by atoms with E-state index in [4.69, 9.17) is 11.6 Å². The Morgan fingerprint density at radius 3 is 2.18 bits per heavy atom. The van der Waals surface area contributed by atoms with E-state index in [0.29, 0.717) is 25.0 Å². The van der Waals surface area contributed by atoms with Crippen LogP contribution in [0.1, 0.15) is 41.6 Å². The number of nitrogens with zero attached hydrogens (tertiary/aromatic N) is 1. The highest BCUT2D eigenvalue weighted by molar-refractivity contribution is 6.32. The molecule has 2 amide bonds. The van der Waals surface area contributed by atoms with E-state index >= 15 is 8.78 Å². The van der Waals surface area contributed by atoms with Crippen LogP contribution in [0.15, 0.2) is 30.3 Å². The van der Waals surface area contributed by atoms with Gasteiger partial charge in [0.25, 0.3) is 11.8 Å². The van der Waals surface area contributed by atoms with E-state index in [2.05, 4.69) is 5.32 Å². The van der Waals surface area contributed by atoms with Gasteiger partial charge in [0.1, 0.15) is 0 Å². The summed E-state index contributed by atoms with van der Waals surface area (Å²) < 4.78 is 70.4. The number of halogens is 6. The number of benzene rings is 2. The van der Waals surface area contributed by atoms with E-state index in [9.17, 15) is 27.9 Å². The molecule has 3 atom stereocenters. The number of carbonyl (C=O) groups is 2. The van der Waals surface area contributed by atoms with Crippen LogP contribution in [0.3, 0.4) is 0 Å². The van der Waals surface area contributed by atoms with Gasteiger partial charge in [0, 0.05) is 35.5 Å². The molecule has 11 heteroatoms. The first-order chi connectivity index (χ1) is 15.5. The minimum atomic E-state index is -4.06. The predicted octanol–water partition coefficient (Wildman–Crippen LogP) is 4.62. The summed E-state index contributed by atoms with van der Waals surface area (Å²) in [6.07, 6.45) is 0.769. The highest BCUT2D eigenvalue weighted by Gasteiger charge is 2.52. The standard InChI is InChI=1S/C22H18ClF5N2O3/c23-16-4-1-10(20(32)29-11-6-17(24)19(26)18(25)7-11)5-15(16)22(27,28)21(33)30-12-2-3-13(30)9-14(31)8-12/h1,4-7,12-14,31H,2-3,8-9H2,(H,29,32)/t12-,13?,14-/m1/s1. The van der Waals surface area contributed by atoms with Gasteiger partial charge in [0.05, 0.1) is 16.7 Å². The van der Waals surface area contributed by atoms with Gasteiger partial charge in [-0.1, -0.05) is 11.6 Å². The van der Waals surface area contributed by atoms with Crippen LogP contribution in [-0.4, -0.2) is 40.0 Å². The molecular weight excluding hydrogens is 471 g/mol. The van der Waals surface area contributed by atoms with Crippen LogP contribution in [0.25, 0.3) is 0 Å². The first kappa shape index (κ1) is 23.4. The number of anilines is 1. The van der Waals surface area contributed by atoms with Crippen molar-refractivity contribution in [2.45, 2.75) is 49.8 Å². The number of aliphatic hydroxyl groups is 1. The maximum absolute atomic E-state index is 15.3. The SMILES string of the molecule is O=C(Nc1cc(F)c(F)c(F)c1)c1ccc(Cl)c(C(F)(F)C(=O)N2C3CC[C@@H]2C[C@@H](O)C3)c1. The molecule has 5 nitrogen and oxygen atoms in total. The molecule has 2 fully saturated rings. The molecule has 0 aliphatic carbocycles. The number of amides is 2. The molecule has 0 radical (unpaired) electrons. The smallest absolute Gasteiger partial charge is 0.351 e. The van der Waals surface area contributed by atoms with Gasteiger partial charge in [-0.25, -0.2) is 13.2 Å². The van der Waals surface area contributed by atoms with Crippen LogP contribution < -0.4 is 5.32 Å². The molecule has 2 aliphatic rings. The lowest BCUT2D eigenvalue weighted by atomic mass is 9.97. The van der Waals surface area contributed by atoms with E-state index < -0.39 is 69.6 Å². The molecule has 0 saturated carbocycles. The summed E-state index contributed by atoms with van der Waals surface area (Å²) in [5, 5.41) is 11.5. The average molecular weight is 489 g/mol. The Labute approximate surface area is 190 Å². The van der Waals surface area contributed by atoms with Crippen molar-refractivity contribution < 1.29 is 36.6 Å². The summed E-state index contributed by atoms with van der Waals surface area (Å²) >= 11 is 5.94. The molecular formula is C22H18ClF5N2O3. The van der Waals surface area contributed by atoms with Crippen LogP contribution in [0, 0.1) is 17.5 Å². The number of fused-ring (bicyclic) bond motifs is 2. The monoisotopic (exact) mass is 488 g/mol. The van der Waals surface area contributed by atoms with Crippen molar-refractivity contribution in [1.29, 1.82) is 0 Å². The minimum absolute atomic E-state index is 0.208. The number of nitrogens with one attached hydrogen (secondary N) is 1. The quantitative estimate of drug-likeness (QED) is 0.487. The van der Waals surface area contributed by atoms with Crippen LogP contribution in [0.2, 0.25) is 5.02 Å². The Morgan fingerprint density at radius 1 is 1.03 bits per heavy atom. The number of hydrogen-bond acceptors (Lipinski definition) is 3. The second-order valence-corrected chi connectivity index (χ2v) is 8.61. The molecule has 2 bridgehead atoms. The van der Waals surface area contributed by atoms with Gasteiger partial charge in [-0.3, -0.25) is 9.59 Å². The molecule has 0 aromatic heterocycles. The van der Waals surface area contributed by atoms with Gasteiger partial charge in [0.15, 0.2) is 17.5 Å². The second kappa shape index (κ2) is 8.57. The highest BCUT2D eigenvalue weighted by atomic mass is 35.5. The topological polar surface area (TPSA) is 69.6 Å². The normalized spacial score (nSPS) is 22.4. The van der Waals surface area contributed by atoms with Crippen molar-refractivity contribution in [3.63, 3.8) is 0 Å². The van der Waals surface area contributed by atoms with E-state index in [-0.39, 0.29) is 18.4 Å². The number of piperidine rings is 1. The molecule has 1 unspecified atom stereocenters. The maximum Gasteiger partial charge on any atom is 0.351 e. The fraction of sp³-hybridized carbons (Fsp3) is 0.364. The van der Waals surface area contributed by atoms with Gasteiger partial charge >= 0.3 is 5.92 Å². The van der Waals surface area contributed by atoms with Crippen molar-refractivity contribution in [1.82, 2.24) is 4.90 Å². The summed E-state index contributed by atoms with van der Waals surface area (Å²) in [7, 11) is 0. The van der Waals surface area contributed by atoms with Crippen molar-refractivity contribution in [3.8, 4) is 0 Å². The number of alkyl halides is 2. The summed E-state index contributed by atoms with van der Waals surface area (Å²) in [5.41, 5.74) is -1.69. The molecule has 33 heavy (non-hydrogen) atoms. The third-order valence-electron chi connectivity index (χ3n) is 6.02. The summed E-state index contributed by atoms with van der Waals surface area (Å²) in [4.78, 5) is 26.4. The molecule has 2 heterocycles. The van der Waals surface area contributed by atoms with Crippen molar-refractivity contribution in [3.05, 3.63) is 63.9 Å². The Morgan fingerprint density at radius 2 is 1.61 bits per heavy atom. The summed E-state index contributed by atoms with van der Waals surface area (Å²) in [6, 6.07) is 2.88. The van der Waals surface area contributed by atoms with Gasteiger partial charge in [0.2, 0.25) is 0 Å². The lowest BCUT2D eigenvalue weighted by molar-refractivity contribution is -0.165. The second-order valence-electron chi connectivity index (χ2n) is 8.20. The largest absolute Gasteiger partial charge is 0.393 e. The number of rotatable bonds is 4. The summed E-state index contributed by atoms with van der Waals surface area (Å²) in [6.45, 7) is 0. The summed E-state index contributed by atoms with van der Waals surface area (Å²) in [5.74, 6) is -11.4. The lowest BCUT2D eigenvalue weighted by Crippen LogP contribution is -2.52. The van der Waals surface area contributed by atoms with Crippen LogP contribution >= 0.6 is 11.6 Å². The molecule has 176 valence electrons. The van der Waals surface area contributed by atoms with E-state index in [1.54, 1.807) is 0 Å². The van der Waals surface area contributed by atoms with Gasteiger partial charge < -0.3 is 15.3 Å². The molecule has 2 aliphatic heterocycles.